The van der Waals surface area contributed by atoms with Crippen molar-refractivity contribution in [3.05, 3.63) is 63.7 Å². The minimum Gasteiger partial charge on any atom is -0.497 e. The van der Waals surface area contributed by atoms with Crippen LogP contribution < -0.4 is 10.1 Å². The van der Waals surface area contributed by atoms with Crippen LogP contribution in [0.15, 0.2) is 42.5 Å². The molecule has 0 saturated carbocycles. The summed E-state index contributed by atoms with van der Waals surface area (Å²) in [6.45, 7) is 3.73. The number of aryl methyl sites for hydroxylation is 1. The summed E-state index contributed by atoms with van der Waals surface area (Å²) in [6.07, 6.45) is 0. The number of methoxy groups -OCH3 is 1. The zero-order valence-corrected chi connectivity index (χ0v) is 12.3. The molecule has 0 aromatic heterocycles. The van der Waals surface area contributed by atoms with Gasteiger partial charge in [-0.05, 0) is 37.6 Å². The van der Waals surface area contributed by atoms with E-state index in [2.05, 4.69) is 5.32 Å². The lowest BCUT2D eigenvalue weighted by Gasteiger charge is -2.16. The maximum absolute atomic E-state index is 11.0. The average molecular weight is 286 g/mol. The van der Waals surface area contributed by atoms with Gasteiger partial charge in [-0.3, -0.25) is 10.1 Å². The maximum Gasteiger partial charge on any atom is 0.274 e. The summed E-state index contributed by atoms with van der Waals surface area (Å²) >= 11 is 0. The molecule has 0 heterocycles. The van der Waals surface area contributed by atoms with E-state index in [0.29, 0.717) is 5.56 Å². The highest BCUT2D eigenvalue weighted by molar-refractivity contribution is 5.56. The number of nitro groups is 1. The van der Waals surface area contributed by atoms with Crippen molar-refractivity contribution in [2.24, 2.45) is 0 Å². The van der Waals surface area contributed by atoms with E-state index in [1.807, 2.05) is 37.3 Å². The molecule has 0 bridgehead atoms. The fourth-order valence-electron chi connectivity index (χ4n) is 2.14. The molecule has 0 aliphatic rings. The van der Waals surface area contributed by atoms with Gasteiger partial charge in [0.1, 0.15) is 5.75 Å². The molecule has 2 aromatic rings. The first kappa shape index (κ1) is 14.8. The second-order valence-corrected chi connectivity index (χ2v) is 4.90. The van der Waals surface area contributed by atoms with E-state index in [9.17, 15) is 10.1 Å². The van der Waals surface area contributed by atoms with Crippen LogP contribution in [0.4, 0.5) is 11.4 Å². The highest BCUT2D eigenvalue weighted by atomic mass is 16.6. The van der Waals surface area contributed by atoms with E-state index in [0.717, 1.165) is 17.0 Å². The van der Waals surface area contributed by atoms with E-state index in [1.54, 1.807) is 26.2 Å². The predicted molar refractivity (Wildman–Crippen MR) is 82.9 cm³/mol. The van der Waals surface area contributed by atoms with Crippen molar-refractivity contribution in [1.82, 2.24) is 0 Å². The molecular formula is C16H18N2O3. The topological polar surface area (TPSA) is 64.4 Å². The molecule has 0 saturated heterocycles. The number of benzene rings is 2. The summed E-state index contributed by atoms with van der Waals surface area (Å²) in [4.78, 5) is 10.6. The molecule has 2 rings (SSSR count). The molecule has 21 heavy (non-hydrogen) atoms. The molecular weight excluding hydrogens is 268 g/mol. The summed E-state index contributed by atoms with van der Waals surface area (Å²) in [5.41, 5.74) is 2.55. The molecule has 1 N–H and O–H groups in total. The molecule has 1 atom stereocenters. The van der Waals surface area contributed by atoms with Crippen LogP contribution in [-0.4, -0.2) is 12.0 Å². The summed E-state index contributed by atoms with van der Waals surface area (Å²) in [6, 6.07) is 12.9. The second kappa shape index (κ2) is 6.26. The Bertz CT molecular complexity index is 656. The normalized spacial score (nSPS) is 11.8. The van der Waals surface area contributed by atoms with Gasteiger partial charge < -0.3 is 10.1 Å². The zero-order chi connectivity index (χ0) is 15.4. The standard InChI is InChI=1S/C16H18N2O3/c1-11-7-8-14(10-16(11)18(19)20)17-12(2)13-5-4-6-15(9-13)21-3/h4-10,12,17H,1-3H3. The summed E-state index contributed by atoms with van der Waals surface area (Å²) in [5, 5.41) is 14.2. The first-order valence-electron chi connectivity index (χ1n) is 6.67. The van der Waals surface area contributed by atoms with Gasteiger partial charge in [0.25, 0.3) is 5.69 Å². The van der Waals surface area contributed by atoms with Crippen LogP contribution in [0.5, 0.6) is 5.75 Å². The molecule has 0 radical (unpaired) electrons. The largest absolute Gasteiger partial charge is 0.497 e. The quantitative estimate of drug-likeness (QED) is 0.664. The second-order valence-electron chi connectivity index (χ2n) is 4.90. The van der Waals surface area contributed by atoms with Crippen LogP contribution in [0.25, 0.3) is 0 Å². The Morgan fingerprint density at radius 1 is 1.24 bits per heavy atom. The Hall–Kier alpha value is -2.56. The van der Waals surface area contributed by atoms with Crippen LogP contribution in [-0.2, 0) is 0 Å². The SMILES string of the molecule is COc1cccc(C(C)Nc2ccc(C)c([N+](=O)[O-])c2)c1. The van der Waals surface area contributed by atoms with Crippen LogP contribution >= 0.6 is 0 Å². The van der Waals surface area contributed by atoms with Crippen molar-refractivity contribution < 1.29 is 9.66 Å². The van der Waals surface area contributed by atoms with Crippen LogP contribution in [0.2, 0.25) is 0 Å². The Morgan fingerprint density at radius 3 is 2.67 bits per heavy atom. The summed E-state index contributed by atoms with van der Waals surface area (Å²) in [7, 11) is 1.63. The van der Waals surface area contributed by atoms with Crippen molar-refractivity contribution in [1.29, 1.82) is 0 Å². The van der Waals surface area contributed by atoms with Gasteiger partial charge in [-0.15, -0.1) is 0 Å². The minimum absolute atomic E-state index is 0.0161. The highest BCUT2D eigenvalue weighted by Gasteiger charge is 2.13. The molecule has 110 valence electrons. The first-order valence-corrected chi connectivity index (χ1v) is 6.67. The number of hydrogen-bond acceptors (Lipinski definition) is 4. The lowest BCUT2D eigenvalue weighted by atomic mass is 10.1. The number of nitrogens with one attached hydrogen (secondary N) is 1. The Balaban J connectivity index is 2.21. The first-order chi connectivity index (χ1) is 10.0. The van der Waals surface area contributed by atoms with E-state index >= 15 is 0 Å². The van der Waals surface area contributed by atoms with Gasteiger partial charge >= 0.3 is 0 Å². The van der Waals surface area contributed by atoms with Gasteiger partial charge in [-0.2, -0.15) is 0 Å². The fourth-order valence-corrected chi connectivity index (χ4v) is 2.14. The molecule has 5 nitrogen and oxygen atoms in total. The number of nitrogens with zero attached hydrogens (tertiary/aromatic N) is 1. The Kier molecular flexibility index (Phi) is 4.42. The molecule has 0 amide bonds. The third-order valence-electron chi connectivity index (χ3n) is 3.38. The fraction of sp³-hybridized carbons (Fsp3) is 0.250. The molecule has 2 aromatic carbocycles. The molecule has 0 aliphatic heterocycles. The number of rotatable bonds is 5. The molecule has 5 heteroatoms. The van der Waals surface area contributed by atoms with E-state index < -0.39 is 0 Å². The van der Waals surface area contributed by atoms with Crippen LogP contribution in [0.1, 0.15) is 24.1 Å². The summed E-state index contributed by atoms with van der Waals surface area (Å²) in [5.74, 6) is 0.788. The van der Waals surface area contributed by atoms with Crippen LogP contribution in [0, 0.1) is 17.0 Å². The number of hydrogen-bond donors (Lipinski definition) is 1. The lowest BCUT2D eigenvalue weighted by Crippen LogP contribution is -2.07. The van der Waals surface area contributed by atoms with Crippen molar-refractivity contribution in [3.8, 4) is 5.75 Å². The van der Waals surface area contributed by atoms with Crippen LogP contribution in [0.3, 0.4) is 0 Å². The van der Waals surface area contributed by atoms with Gasteiger partial charge in [0.15, 0.2) is 0 Å². The van der Waals surface area contributed by atoms with Gasteiger partial charge in [-0.1, -0.05) is 18.2 Å². The molecule has 1 unspecified atom stereocenters. The highest BCUT2D eigenvalue weighted by Crippen LogP contribution is 2.26. The molecule has 0 spiro atoms. The summed E-state index contributed by atoms with van der Waals surface area (Å²) < 4.78 is 5.20. The number of nitro benzene ring substituents is 1. The van der Waals surface area contributed by atoms with Crippen molar-refractivity contribution >= 4 is 11.4 Å². The zero-order valence-electron chi connectivity index (χ0n) is 12.3. The number of ether oxygens (including phenoxy) is 1. The third kappa shape index (κ3) is 3.51. The number of anilines is 1. The van der Waals surface area contributed by atoms with Gasteiger partial charge in [0.05, 0.1) is 12.0 Å². The monoisotopic (exact) mass is 286 g/mol. The van der Waals surface area contributed by atoms with Gasteiger partial charge in [-0.25, -0.2) is 0 Å². The Morgan fingerprint density at radius 2 is 2.00 bits per heavy atom. The maximum atomic E-state index is 11.0. The third-order valence-corrected chi connectivity index (χ3v) is 3.38. The van der Waals surface area contributed by atoms with E-state index in [1.165, 1.54) is 0 Å². The van der Waals surface area contributed by atoms with Crippen molar-refractivity contribution in [2.75, 3.05) is 12.4 Å². The van der Waals surface area contributed by atoms with Crippen molar-refractivity contribution in [3.63, 3.8) is 0 Å². The van der Waals surface area contributed by atoms with Crippen molar-refractivity contribution in [2.45, 2.75) is 19.9 Å². The molecule has 0 aliphatic carbocycles. The van der Waals surface area contributed by atoms with E-state index in [-0.39, 0.29) is 16.7 Å². The van der Waals surface area contributed by atoms with E-state index in [4.69, 9.17) is 4.74 Å². The molecule has 0 fully saturated rings. The Labute approximate surface area is 123 Å². The van der Waals surface area contributed by atoms with Gasteiger partial charge in [0.2, 0.25) is 0 Å². The lowest BCUT2D eigenvalue weighted by molar-refractivity contribution is -0.385. The van der Waals surface area contributed by atoms with Gasteiger partial charge in [0, 0.05) is 23.4 Å². The smallest absolute Gasteiger partial charge is 0.274 e. The average Bonchev–Trinajstić information content (AvgIpc) is 2.49. The predicted octanol–water partition coefficient (Wildman–Crippen LogP) is 4.08. The minimum atomic E-state index is -0.364.